The number of nitrogens with one attached hydrogen (secondary N) is 5. The lowest BCUT2D eigenvalue weighted by Gasteiger charge is -2.16. The van der Waals surface area contributed by atoms with Crippen molar-refractivity contribution in [1.82, 2.24) is 30.8 Å². The van der Waals surface area contributed by atoms with Gasteiger partial charge in [-0.3, -0.25) is 24.8 Å². The number of anilines is 2. The number of hydrogen-bond acceptors (Lipinski definition) is 9. The minimum atomic E-state index is -0.674. The average molecular weight is 467 g/mol. The monoisotopic (exact) mass is 467 g/mol. The third-order valence-electron chi connectivity index (χ3n) is 4.70. The van der Waals surface area contributed by atoms with Crippen molar-refractivity contribution in [3.05, 3.63) is 57.9 Å². The Morgan fingerprint density at radius 3 is 2.21 bits per heavy atom. The summed E-state index contributed by atoms with van der Waals surface area (Å²) in [5.41, 5.74) is 0.922. The van der Waals surface area contributed by atoms with E-state index in [2.05, 4.69) is 41.4 Å². The lowest BCUT2D eigenvalue weighted by Crippen LogP contribution is -2.30. The van der Waals surface area contributed by atoms with Crippen LogP contribution in [0, 0.1) is 17.0 Å². The van der Waals surface area contributed by atoms with Gasteiger partial charge >= 0.3 is 5.69 Å². The number of aromatic nitrogens is 4. The van der Waals surface area contributed by atoms with E-state index in [0.29, 0.717) is 37.1 Å². The van der Waals surface area contributed by atoms with Crippen LogP contribution in [0.5, 0.6) is 0 Å². The maximum Gasteiger partial charge on any atom is 0.319 e. The molecule has 2 heterocycles. The lowest BCUT2D eigenvalue weighted by atomic mass is 10.2. The van der Waals surface area contributed by atoms with Crippen LogP contribution >= 0.6 is 0 Å². The summed E-state index contributed by atoms with van der Waals surface area (Å²) in [5.74, 6) is 0.913. The first kappa shape index (κ1) is 24.1. The number of aromatic amines is 1. The molecule has 0 atom stereocenters. The third-order valence-corrected chi connectivity index (χ3v) is 4.70. The average Bonchev–Trinajstić information content (AvgIpc) is 3.32. The summed E-state index contributed by atoms with van der Waals surface area (Å²) in [4.78, 5) is 42.8. The Labute approximate surface area is 194 Å². The summed E-state index contributed by atoms with van der Waals surface area (Å²) in [6.07, 6.45) is 1.06. The van der Waals surface area contributed by atoms with Gasteiger partial charge in [-0.25, -0.2) is 9.97 Å². The Morgan fingerprint density at radius 1 is 1.00 bits per heavy atom. The fourth-order valence-electron chi connectivity index (χ4n) is 3.03. The van der Waals surface area contributed by atoms with E-state index in [-0.39, 0.29) is 23.8 Å². The van der Waals surface area contributed by atoms with Gasteiger partial charge in [0.15, 0.2) is 5.82 Å². The topological polar surface area (TPSA) is 180 Å². The van der Waals surface area contributed by atoms with Crippen LogP contribution in [-0.2, 0) is 4.79 Å². The molecule has 0 saturated heterocycles. The van der Waals surface area contributed by atoms with Crippen LogP contribution in [0.1, 0.15) is 23.0 Å². The molecule has 0 spiro atoms. The second-order valence-corrected chi connectivity index (χ2v) is 7.20. The maximum absolute atomic E-state index is 12.2. The molecule has 2 aromatic heterocycles. The van der Waals surface area contributed by atoms with E-state index in [1.807, 2.05) is 37.3 Å². The molecular weight excluding hydrogens is 442 g/mol. The highest BCUT2D eigenvalue weighted by molar-refractivity contribution is 5.95. The second kappa shape index (κ2) is 11.4. The summed E-state index contributed by atoms with van der Waals surface area (Å²) >= 11 is 0. The Hall–Kier alpha value is -4.55. The van der Waals surface area contributed by atoms with Crippen LogP contribution in [0.3, 0.4) is 0 Å². The number of rotatable bonds is 11. The second-order valence-electron chi connectivity index (χ2n) is 7.20. The van der Waals surface area contributed by atoms with Gasteiger partial charge < -0.3 is 21.3 Å². The van der Waals surface area contributed by atoms with E-state index in [1.54, 1.807) is 0 Å². The van der Waals surface area contributed by atoms with Crippen molar-refractivity contribution in [2.24, 2.45) is 0 Å². The van der Waals surface area contributed by atoms with E-state index >= 15 is 0 Å². The molecule has 3 aromatic rings. The van der Waals surface area contributed by atoms with Gasteiger partial charge in [0.1, 0.15) is 17.8 Å². The van der Waals surface area contributed by atoms with Crippen molar-refractivity contribution >= 4 is 29.1 Å². The maximum atomic E-state index is 12.2. The minimum absolute atomic E-state index is 0.115. The smallest absolute Gasteiger partial charge is 0.319 e. The predicted molar refractivity (Wildman–Crippen MR) is 125 cm³/mol. The molecule has 0 fully saturated rings. The van der Waals surface area contributed by atoms with E-state index < -0.39 is 10.8 Å². The predicted octanol–water partition coefficient (Wildman–Crippen LogP) is 1.47. The number of carbonyl (C=O) groups is 2. The number of benzene rings is 1. The fraction of sp³-hybridized carbons (Fsp3) is 0.286. The summed E-state index contributed by atoms with van der Waals surface area (Å²) in [7, 11) is 0. The molecule has 0 aliphatic heterocycles. The van der Waals surface area contributed by atoms with Crippen LogP contribution in [0.2, 0.25) is 0 Å². The van der Waals surface area contributed by atoms with Crippen molar-refractivity contribution in [2.75, 3.05) is 36.8 Å². The van der Waals surface area contributed by atoms with Gasteiger partial charge in [-0.05, 0) is 6.92 Å². The first-order chi connectivity index (χ1) is 16.4. The van der Waals surface area contributed by atoms with Crippen LogP contribution in [0.15, 0.2) is 36.5 Å². The van der Waals surface area contributed by atoms with E-state index in [9.17, 15) is 19.7 Å². The molecular formula is C21H25N9O4. The molecule has 0 bridgehead atoms. The molecule has 5 N–H and O–H groups in total. The van der Waals surface area contributed by atoms with E-state index in [4.69, 9.17) is 0 Å². The minimum Gasteiger partial charge on any atom is -0.368 e. The standard InChI is InChI=1S/C21H25N9O4/c1-13-18(23-9-8-22-14(2)31)27-20(15-6-4-3-5-7-15)28-19(13)24-10-11-25-21(32)17-16(30(33)34)12-26-29-17/h3-7,12H,8-11H2,1-2H3,(H,22,31)(H,25,32)(H,26,29)(H2,23,24,27,28). The zero-order chi connectivity index (χ0) is 24.5. The van der Waals surface area contributed by atoms with Gasteiger partial charge in [-0.15, -0.1) is 0 Å². The summed E-state index contributed by atoms with van der Waals surface area (Å²) < 4.78 is 0. The Morgan fingerprint density at radius 2 is 1.62 bits per heavy atom. The molecule has 1 aromatic carbocycles. The van der Waals surface area contributed by atoms with Crippen LogP contribution in [0.25, 0.3) is 11.4 Å². The van der Waals surface area contributed by atoms with Crippen molar-refractivity contribution in [1.29, 1.82) is 0 Å². The SMILES string of the molecule is CC(=O)NCCNc1nc(-c2ccccc2)nc(NCCNC(=O)c2n[nH]cc2[N+](=O)[O-])c1C. The summed E-state index contributed by atoms with van der Waals surface area (Å²) in [6.45, 7) is 4.70. The molecule has 0 aliphatic carbocycles. The lowest BCUT2D eigenvalue weighted by molar-refractivity contribution is -0.385. The molecule has 3 rings (SSSR count). The normalized spacial score (nSPS) is 10.4. The Kier molecular flexibility index (Phi) is 8.05. The quantitative estimate of drug-likeness (QED) is 0.158. The summed E-state index contributed by atoms with van der Waals surface area (Å²) in [6, 6.07) is 9.47. The van der Waals surface area contributed by atoms with E-state index in [1.165, 1.54) is 6.92 Å². The summed E-state index contributed by atoms with van der Waals surface area (Å²) in [5, 5.41) is 28.6. The first-order valence-electron chi connectivity index (χ1n) is 10.5. The van der Waals surface area contributed by atoms with Gasteiger partial charge in [-0.1, -0.05) is 30.3 Å². The molecule has 2 amide bonds. The number of nitro groups is 1. The highest BCUT2D eigenvalue weighted by Crippen LogP contribution is 2.25. The molecule has 0 radical (unpaired) electrons. The number of nitrogens with zero attached hydrogens (tertiary/aromatic N) is 4. The Balaban J connectivity index is 1.68. The molecule has 178 valence electrons. The largest absolute Gasteiger partial charge is 0.368 e. The van der Waals surface area contributed by atoms with Crippen molar-refractivity contribution in [3.63, 3.8) is 0 Å². The molecule has 0 aliphatic rings. The highest BCUT2D eigenvalue weighted by Gasteiger charge is 2.23. The van der Waals surface area contributed by atoms with Gasteiger partial charge in [-0.2, -0.15) is 5.10 Å². The first-order valence-corrected chi connectivity index (χ1v) is 10.5. The molecule has 13 heteroatoms. The Bertz CT molecular complexity index is 1160. The van der Waals surface area contributed by atoms with Crippen molar-refractivity contribution in [2.45, 2.75) is 13.8 Å². The number of carbonyl (C=O) groups excluding carboxylic acids is 2. The number of hydrogen-bond donors (Lipinski definition) is 5. The fourth-order valence-corrected chi connectivity index (χ4v) is 3.03. The molecule has 34 heavy (non-hydrogen) atoms. The van der Waals surface area contributed by atoms with E-state index in [0.717, 1.165) is 17.3 Å². The zero-order valence-corrected chi connectivity index (χ0v) is 18.7. The van der Waals surface area contributed by atoms with Crippen molar-refractivity contribution < 1.29 is 14.5 Å². The van der Waals surface area contributed by atoms with Gasteiger partial charge in [0.05, 0.1) is 4.92 Å². The molecule has 0 unspecified atom stereocenters. The third kappa shape index (κ3) is 6.25. The van der Waals surface area contributed by atoms with Gasteiger partial charge in [0.25, 0.3) is 5.91 Å². The number of amides is 2. The number of H-pyrrole nitrogens is 1. The van der Waals surface area contributed by atoms with Gasteiger partial charge in [0, 0.05) is 44.2 Å². The van der Waals surface area contributed by atoms with Crippen LogP contribution in [-0.4, -0.2) is 63.1 Å². The van der Waals surface area contributed by atoms with Gasteiger partial charge in [0.2, 0.25) is 11.6 Å². The molecule has 0 saturated carbocycles. The zero-order valence-electron chi connectivity index (χ0n) is 18.7. The van der Waals surface area contributed by atoms with Crippen LogP contribution in [0.4, 0.5) is 17.3 Å². The van der Waals surface area contributed by atoms with Crippen molar-refractivity contribution in [3.8, 4) is 11.4 Å². The van der Waals surface area contributed by atoms with Crippen LogP contribution < -0.4 is 21.3 Å². The highest BCUT2D eigenvalue weighted by atomic mass is 16.6. The molecule has 13 nitrogen and oxygen atoms in total.